The van der Waals surface area contributed by atoms with E-state index < -0.39 is 0 Å². The van der Waals surface area contributed by atoms with Crippen LogP contribution in [-0.2, 0) is 27.3 Å². The molecule has 0 unspecified atom stereocenters. The Kier molecular flexibility index (Phi) is 6.99. The third kappa shape index (κ3) is 5.09. The molecule has 144 valence electrons. The lowest BCUT2D eigenvalue weighted by Crippen LogP contribution is -2.28. The Labute approximate surface area is 160 Å². The maximum Gasteiger partial charge on any atom is 0.309 e. The lowest BCUT2D eigenvalue weighted by molar-refractivity contribution is -0.139. The normalized spacial score (nSPS) is 10.4. The molecule has 0 aromatic heterocycles. The van der Waals surface area contributed by atoms with Gasteiger partial charge in [-0.2, -0.15) is 0 Å². The van der Waals surface area contributed by atoms with Crippen molar-refractivity contribution in [2.45, 2.75) is 33.7 Å². The fourth-order valence-corrected chi connectivity index (χ4v) is 3.08. The summed E-state index contributed by atoms with van der Waals surface area (Å²) in [6.45, 7) is 6.74. The molecule has 2 rings (SSSR count). The number of ether oxygens (including phenoxy) is 2. The average molecular weight is 369 g/mol. The summed E-state index contributed by atoms with van der Waals surface area (Å²) in [6, 6.07) is 11.8. The first-order chi connectivity index (χ1) is 12.9. The van der Waals surface area contributed by atoms with E-state index in [0.29, 0.717) is 13.1 Å². The first kappa shape index (κ1) is 20.5. The van der Waals surface area contributed by atoms with Crippen molar-refractivity contribution in [1.29, 1.82) is 0 Å². The van der Waals surface area contributed by atoms with Crippen LogP contribution in [0, 0.1) is 6.92 Å². The van der Waals surface area contributed by atoms with Gasteiger partial charge in [-0.15, -0.1) is 0 Å². The number of nitrogens with zero attached hydrogens (tertiary/aromatic N) is 1. The van der Waals surface area contributed by atoms with Crippen molar-refractivity contribution in [2.24, 2.45) is 0 Å². The lowest BCUT2D eigenvalue weighted by Gasteiger charge is -2.22. The minimum Gasteiger partial charge on any atom is -0.496 e. The highest BCUT2D eigenvalue weighted by atomic mass is 16.5. The highest BCUT2D eigenvalue weighted by Crippen LogP contribution is 2.34. The molecule has 0 bridgehead atoms. The summed E-state index contributed by atoms with van der Waals surface area (Å²) < 4.78 is 10.3. The van der Waals surface area contributed by atoms with Crippen LogP contribution < -0.4 is 4.74 Å². The van der Waals surface area contributed by atoms with Crippen molar-refractivity contribution in [1.82, 2.24) is 4.90 Å². The third-order valence-corrected chi connectivity index (χ3v) is 4.58. The summed E-state index contributed by atoms with van der Waals surface area (Å²) in [5, 5.41) is 0. The molecule has 0 aliphatic carbocycles. The molecule has 1 amide bonds. The van der Waals surface area contributed by atoms with Gasteiger partial charge in [-0.05, 0) is 42.7 Å². The van der Waals surface area contributed by atoms with E-state index in [1.54, 1.807) is 18.9 Å². The van der Waals surface area contributed by atoms with E-state index in [0.717, 1.165) is 33.6 Å². The third-order valence-electron chi connectivity index (χ3n) is 4.58. The van der Waals surface area contributed by atoms with Crippen molar-refractivity contribution in [2.75, 3.05) is 20.8 Å². The van der Waals surface area contributed by atoms with Gasteiger partial charge in [-0.1, -0.05) is 29.8 Å². The SMILES string of the molecule is CCN(Cc1cc(C)ccc1-c1cc(CC(=O)OC)ccc1OC)C(C)=O. The maximum absolute atomic E-state index is 11.9. The average Bonchev–Trinajstić information content (AvgIpc) is 2.65. The van der Waals surface area contributed by atoms with Crippen molar-refractivity contribution in [3.63, 3.8) is 0 Å². The molecule has 5 nitrogen and oxygen atoms in total. The van der Waals surface area contributed by atoms with Crippen LogP contribution in [0.25, 0.3) is 11.1 Å². The summed E-state index contributed by atoms with van der Waals surface area (Å²) >= 11 is 0. The predicted molar refractivity (Wildman–Crippen MR) is 106 cm³/mol. The van der Waals surface area contributed by atoms with E-state index in [4.69, 9.17) is 9.47 Å². The van der Waals surface area contributed by atoms with Crippen LogP contribution >= 0.6 is 0 Å². The zero-order valence-electron chi connectivity index (χ0n) is 16.7. The monoisotopic (exact) mass is 369 g/mol. The van der Waals surface area contributed by atoms with E-state index in [9.17, 15) is 9.59 Å². The Morgan fingerprint density at radius 3 is 2.37 bits per heavy atom. The van der Waals surface area contributed by atoms with Gasteiger partial charge in [0.25, 0.3) is 0 Å². The van der Waals surface area contributed by atoms with Gasteiger partial charge in [0.1, 0.15) is 5.75 Å². The standard InChI is InChI=1S/C22H27NO4/c1-6-23(16(3)24)14-18-11-15(2)7-9-19(18)20-12-17(13-22(25)27-5)8-10-21(20)26-4/h7-12H,6,13-14H2,1-5H3. The Balaban J connectivity index is 2.54. The summed E-state index contributed by atoms with van der Waals surface area (Å²) in [5.74, 6) is 0.472. The van der Waals surface area contributed by atoms with E-state index >= 15 is 0 Å². The number of amides is 1. The van der Waals surface area contributed by atoms with Crippen molar-refractivity contribution in [3.8, 4) is 16.9 Å². The highest BCUT2D eigenvalue weighted by molar-refractivity contribution is 5.78. The maximum atomic E-state index is 11.9. The van der Waals surface area contributed by atoms with Crippen LogP contribution in [0.3, 0.4) is 0 Å². The van der Waals surface area contributed by atoms with Crippen LogP contribution in [0.15, 0.2) is 36.4 Å². The van der Waals surface area contributed by atoms with Gasteiger partial charge < -0.3 is 14.4 Å². The van der Waals surface area contributed by atoms with Crippen LogP contribution in [-0.4, -0.2) is 37.5 Å². The number of carbonyl (C=O) groups is 2. The van der Waals surface area contributed by atoms with Gasteiger partial charge in [0, 0.05) is 25.6 Å². The number of esters is 1. The fourth-order valence-electron chi connectivity index (χ4n) is 3.08. The fraction of sp³-hybridized carbons (Fsp3) is 0.364. The van der Waals surface area contributed by atoms with Gasteiger partial charge in [-0.25, -0.2) is 0 Å². The molecule has 0 aliphatic heterocycles. The predicted octanol–water partition coefficient (Wildman–Crippen LogP) is 3.75. The van der Waals surface area contributed by atoms with Gasteiger partial charge in [-0.3, -0.25) is 9.59 Å². The smallest absolute Gasteiger partial charge is 0.309 e. The first-order valence-corrected chi connectivity index (χ1v) is 8.98. The Morgan fingerprint density at radius 1 is 1.04 bits per heavy atom. The summed E-state index contributed by atoms with van der Waals surface area (Å²) in [6.07, 6.45) is 0.198. The summed E-state index contributed by atoms with van der Waals surface area (Å²) in [5.41, 5.74) is 4.90. The Morgan fingerprint density at radius 2 is 1.78 bits per heavy atom. The second-order valence-electron chi connectivity index (χ2n) is 6.48. The molecule has 0 atom stereocenters. The molecule has 0 fully saturated rings. The first-order valence-electron chi connectivity index (χ1n) is 8.98. The lowest BCUT2D eigenvalue weighted by atomic mass is 9.94. The minimum absolute atomic E-state index is 0.0383. The molecule has 2 aromatic carbocycles. The molecule has 0 N–H and O–H groups in total. The number of methoxy groups -OCH3 is 2. The van der Waals surface area contributed by atoms with Gasteiger partial charge in [0.2, 0.25) is 5.91 Å². The minimum atomic E-state index is -0.288. The molecule has 5 heteroatoms. The molecular weight excluding hydrogens is 342 g/mol. The largest absolute Gasteiger partial charge is 0.496 e. The number of hydrogen-bond acceptors (Lipinski definition) is 4. The zero-order valence-corrected chi connectivity index (χ0v) is 16.7. The van der Waals surface area contributed by atoms with Crippen LogP contribution in [0.5, 0.6) is 5.75 Å². The van der Waals surface area contributed by atoms with E-state index in [1.165, 1.54) is 7.11 Å². The summed E-state index contributed by atoms with van der Waals surface area (Å²) in [4.78, 5) is 25.3. The number of hydrogen-bond donors (Lipinski definition) is 0. The topological polar surface area (TPSA) is 55.8 Å². The molecule has 0 radical (unpaired) electrons. The zero-order chi connectivity index (χ0) is 20.0. The van der Waals surface area contributed by atoms with Crippen LogP contribution in [0.4, 0.5) is 0 Å². The Hall–Kier alpha value is -2.82. The van der Waals surface area contributed by atoms with Gasteiger partial charge in [0.05, 0.1) is 20.6 Å². The molecule has 0 saturated heterocycles. The molecule has 0 spiro atoms. The Bertz CT molecular complexity index is 829. The molecule has 0 saturated carbocycles. The molecule has 0 aliphatic rings. The second-order valence-corrected chi connectivity index (χ2v) is 6.48. The van der Waals surface area contributed by atoms with Crippen molar-refractivity contribution < 1.29 is 19.1 Å². The molecule has 0 heterocycles. The number of carbonyl (C=O) groups excluding carboxylic acids is 2. The van der Waals surface area contributed by atoms with Gasteiger partial charge in [0.15, 0.2) is 0 Å². The van der Waals surface area contributed by atoms with E-state index in [-0.39, 0.29) is 18.3 Å². The van der Waals surface area contributed by atoms with E-state index in [2.05, 4.69) is 6.07 Å². The number of benzene rings is 2. The molecule has 27 heavy (non-hydrogen) atoms. The summed E-state index contributed by atoms with van der Waals surface area (Å²) in [7, 11) is 3.01. The van der Waals surface area contributed by atoms with Gasteiger partial charge >= 0.3 is 5.97 Å². The van der Waals surface area contributed by atoms with Crippen molar-refractivity contribution in [3.05, 3.63) is 53.1 Å². The molecule has 2 aromatic rings. The number of rotatable bonds is 7. The number of aryl methyl sites for hydroxylation is 1. The second kappa shape index (κ2) is 9.21. The molecular formula is C22H27NO4. The van der Waals surface area contributed by atoms with Crippen LogP contribution in [0.2, 0.25) is 0 Å². The highest BCUT2D eigenvalue weighted by Gasteiger charge is 2.16. The quantitative estimate of drug-likeness (QED) is 0.698. The van der Waals surface area contributed by atoms with Crippen molar-refractivity contribution >= 4 is 11.9 Å². The van der Waals surface area contributed by atoms with E-state index in [1.807, 2.05) is 44.2 Å². The van der Waals surface area contributed by atoms with Crippen LogP contribution in [0.1, 0.15) is 30.5 Å².